The third-order valence-corrected chi connectivity index (χ3v) is 11.4. The standard InChI is InChI=1S/C69H106O5/c1-4-7-10-13-16-19-22-25-28-31-34-37-40-43-46-49-52-55-58-61-64-72-65-67(74-69(71)63-60-57-54-51-48-45-42-39-36-33-30-27-24-21-18-15-12-9-6-3)66-73-68(70)62-59-56-53-50-47-44-41-38-35-32-29-26-23-20-17-14-11-8-5-2/h7-8,10-11,16-21,25-30,34-39,43-44,46-47,52-53,55-56,67H,4-6,9,12-15,22-24,31-33,40-42,45,48-51,54,57-66H2,1-3H3/b10-7-,11-8-,19-16-,20-17-,21-18-,28-25-,29-26-,30-27-,37-34-,38-35-,39-36-,46-43-,47-44-,55-52-,56-53-. The third kappa shape index (κ3) is 59.6. The lowest BCUT2D eigenvalue weighted by Crippen LogP contribution is -2.30. The van der Waals surface area contributed by atoms with Gasteiger partial charge < -0.3 is 14.2 Å². The van der Waals surface area contributed by atoms with Crippen molar-refractivity contribution in [3.63, 3.8) is 0 Å². The van der Waals surface area contributed by atoms with Gasteiger partial charge in [-0.15, -0.1) is 0 Å². The summed E-state index contributed by atoms with van der Waals surface area (Å²) < 4.78 is 17.3. The molecule has 0 aliphatic rings. The Morgan fingerprint density at radius 3 is 1.03 bits per heavy atom. The van der Waals surface area contributed by atoms with Gasteiger partial charge in [-0.1, -0.05) is 242 Å². The normalized spacial score (nSPS) is 13.6. The minimum Gasteiger partial charge on any atom is -0.462 e. The van der Waals surface area contributed by atoms with E-state index in [1.54, 1.807) is 0 Å². The van der Waals surface area contributed by atoms with E-state index in [0.717, 1.165) is 128 Å². The first-order chi connectivity index (χ1) is 36.6. The minimum absolute atomic E-state index is 0.00272. The molecular weight excluding hydrogens is 909 g/mol. The second-order valence-corrected chi connectivity index (χ2v) is 18.4. The zero-order valence-electron chi connectivity index (χ0n) is 47.3. The Balaban J connectivity index is 4.57. The highest BCUT2D eigenvalue weighted by Crippen LogP contribution is 2.12. The van der Waals surface area contributed by atoms with Crippen LogP contribution in [0.5, 0.6) is 0 Å². The molecule has 0 radical (unpaired) electrons. The van der Waals surface area contributed by atoms with E-state index in [2.05, 4.69) is 197 Å². The molecule has 0 aromatic carbocycles. The summed E-state index contributed by atoms with van der Waals surface area (Å²) >= 11 is 0. The number of rotatable bonds is 51. The predicted octanol–water partition coefficient (Wildman–Crippen LogP) is 20.6. The van der Waals surface area contributed by atoms with Gasteiger partial charge in [0.15, 0.2) is 6.10 Å². The number of hydrogen-bond donors (Lipinski definition) is 0. The van der Waals surface area contributed by atoms with Crippen LogP contribution in [0.1, 0.15) is 213 Å². The molecule has 0 spiro atoms. The largest absolute Gasteiger partial charge is 0.462 e. The number of carbonyl (C=O) groups is 2. The molecule has 0 saturated heterocycles. The highest BCUT2D eigenvalue weighted by Gasteiger charge is 2.17. The third-order valence-electron chi connectivity index (χ3n) is 11.4. The highest BCUT2D eigenvalue weighted by atomic mass is 16.6. The van der Waals surface area contributed by atoms with Crippen molar-refractivity contribution in [2.45, 2.75) is 219 Å². The maximum Gasteiger partial charge on any atom is 0.306 e. The lowest BCUT2D eigenvalue weighted by molar-refractivity contribution is -0.162. The van der Waals surface area contributed by atoms with Crippen molar-refractivity contribution >= 4 is 11.9 Å². The van der Waals surface area contributed by atoms with Crippen LogP contribution >= 0.6 is 0 Å². The second-order valence-electron chi connectivity index (χ2n) is 18.4. The monoisotopic (exact) mass is 1010 g/mol. The van der Waals surface area contributed by atoms with Crippen LogP contribution in [0, 0.1) is 0 Å². The fourth-order valence-electron chi connectivity index (χ4n) is 7.15. The van der Waals surface area contributed by atoms with Crippen LogP contribution in [0.4, 0.5) is 0 Å². The van der Waals surface area contributed by atoms with Gasteiger partial charge in [-0.2, -0.15) is 0 Å². The van der Waals surface area contributed by atoms with E-state index in [-0.39, 0.29) is 31.6 Å². The fraction of sp³-hybridized carbons (Fsp3) is 0.536. The number of hydrogen-bond acceptors (Lipinski definition) is 5. The molecule has 1 atom stereocenters. The lowest BCUT2D eigenvalue weighted by atomic mass is 10.1. The molecule has 0 aromatic rings. The first-order valence-electron chi connectivity index (χ1n) is 29.3. The van der Waals surface area contributed by atoms with Crippen LogP contribution in [0.15, 0.2) is 182 Å². The molecule has 0 bridgehead atoms. The summed E-state index contributed by atoms with van der Waals surface area (Å²) in [6, 6.07) is 0. The Bertz CT molecular complexity index is 1720. The van der Waals surface area contributed by atoms with Crippen molar-refractivity contribution in [2.75, 3.05) is 19.8 Å². The van der Waals surface area contributed by atoms with E-state index in [1.807, 2.05) is 6.08 Å². The number of allylic oxidation sites excluding steroid dienone is 30. The van der Waals surface area contributed by atoms with E-state index >= 15 is 0 Å². The van der Waals surface area contributed by atoms with Gasteiger partial charge in [-0.3, -0.25) is 9.59 Å². The molecular formula is C69H106O5. The molecule has 0 aliphatic carbocycles. The molecule has 0 amide bonds. The average molecular weight is 1020 g/mol. The smallest absolute Gasteiger partial charge is 0.306 e. The van der Waals surface area contributed by atoms with Crippen molar-refractivity contribution < 1.29 is 23.8 Å². The van der Waals surface area contributed by atoms with E-state index in [4.69, 9.17) is 14.2 Å². The Labute approximate surface area is 455 Å². The average Bonchev–Trinajstić information content (AvgIpc) is 3.40. The number of ether oxygens (including phenoxy) is 3. The van der Waals surface area contributed by atoms with Gasteiger partial charge in [0.25, 0.3) is 0 Å². The molecule has 0 fully saturated rings. The summed E-state index contributed by atoms with van der Waals surface area (Å²) in [5.74, 6) is -0.556. The van der Waals surface area contributed by atoms with Gasteiger partial charge in [0, 0.05) is 19.4 Å². The highest BCUT2D eigenvalue weighted by molar-refractivity contribution is 5.70. The van der Waals surface area contributed by atoms with Crippen molar-refractivity contribution in [1.29, 1.82) is 0 Å². The van der Waals surface area contributed by atoms with Crippen molar-refractivity contribution in [3.8, 4) is 0 Å². The van der Waals surface area contributed by atoms with Crippen molar-refractivity contribution in [1.82, 2.24) is 0 Å². The predicted molar refractivity (Wildman–Crippen MR) is 324 cm³/mol. The zero-order valence-corrected chi connectivity index (χ0v) is 47.3. The quantitative estimate of drug-likeness (QED) is 0.0345. The van der Waals surface area contributed by atoms with Gasteiger partial charge in [0.2, 0.25) is 0 Å². The molecule has 74 heavy (non-hydrogen) atoms. The number of unbranched alkanes of at least 4 members (excludes halogenated alkanes) is 10. The van der Waals surface area contributed by atoms with Crippen molar-refractivity contribution in [3.05, 3.63) is 182 Å². The summed E-state index contributed by atoms with van der Waals surface area (Å²) in [4.78, 5) is 25.5. The SMILES string of the molecule is CC/C=C\C/C=C\C/C=C\C/C=C\C/C=C\C/C=C\CCCOCC(COC(=O)CC/C=C\C/C=C\C/C=C\C/C=C\C/C=C\C/C=C\CC)OC(=O)CCCCCCCC/C=C\C/C=C\C/C=C\CCCCC. The Hall–Kier alpha value is -5.00. The fourth-order valence-corrected chi connectivity index (χ4v) is 7.15. The first-order valence-corrected chi connectivity index (χ1v) is 29.3. The van der Waals surface area contributed by atoms with Gasteiger partial charge in [0.1, 0.15) is 6.61 Å². The lowest BCUT2D eigenvalue weighted by Gasteiger charge is -2.18. The van der Waals surface area contributed by atoms with Crippen LogP contribution in [-0.4, -0.2) is 37.9 Å². The minimum atomic E-state index is -0.621. The second kappa shape index (κ2) is 62.3. The van der Waals surface area contributed by atoms with Gasteiger partial charge in [-0.25, -0.2) is 0 Å². The molecule has 5 heteroatoms. The Morgan fingerprint density at radius 1 is 0.311 bits per heavy atom. The van der Waals surface area contributed by atoms with Crippen LogP contribution in [0.3, 0.4) is 0 Å². The molecule has 0 aliphatic heterocycles. The summed E-state index contributed by atoms with van der Waals surface area (Å²) in [6.45, 7) is 7.31. The Morgan fingerprint density at radius 2 is 0.635 bits per heavy atom. The topological polar surface area (TPSA) is 61.8 Å². The van der Waals surface area contributed by atoms with Gasteiger partial charge in [-0.05, 0) is 141 Å². The molecule has 0 N–H and O–H groups in total. The van der Waals surface area contributed by atoms with Gasteiger partial charge in [0.05, 0.1) is 6.61 Å². The van der Waals surface area contributed by atoms with Crippen LogP contribution in [-0.2, 0) is 23.8 Å². The zero-order chi connectivity index (χ0) is 53.4. The first kappa shape index (κ1) is 69.0. The van der Waals surface area contributed by atoms with E-state index in [0.29, 0.717) is 19.4 Å². The summed E-state index contributed by atoms with van der Waals surface area (Å²) in [5, 5.41) is 0. The van der Waals surface area contributed by atoms with E-state index in [9.17, 15) is 9.59 Å². The summed E-state index contributed by atoms with van der Waals surface area (Å²) in [7, 11) is 0. The van der Waals surface area contributed by atoms with E-state index < -0.39 is 6.10 Å². The number of carbonyl (C=O) groups excluding carboxylic acids is 2. The summed E-state index contributed by atoms with van der Waals surface area (Å²) in [5.41, 5.74) is 0. The molecule has 0 aromatic heterocycles. The van der Waals surface area contributed by atoms with Crippen LogP contribution in [0.2, 0.25) is 0 Å². The van der Waals surface area contributed by atoms with Crippen LogP contribution in [0.25, 0.3) is 0 Å². The van der Waals surface area contributed by atoms with E-state index in [1.165, 1.54) is 44.9 Å². The molecule has 1 unspecified atom stereocenters. The van der Waals surface area contributed by atoms with Gasteiger partial charge >= 0.3 is 11.9 Å². The molecule has 412 valence electrons. The molecule has 5 nitrogen and oxygen atoms in total. The van der Waals surface area contributed by atoms with Crippen molar-refractivity contribution in [2.24, 2.45) is 0 Å². The Kier molecular flexibility index (Phi) is 58.1. The van der Waals surface area contributed by atoms with Crippen LogP contribution < -0.4 is 0 Å². The number of esters is 2. The summed E-state index contributed by atoms with van der Waals surface area (Å²) in [6.07, 6.45) is 95.1. The maximum atomic E-state index is 12.9. The molecule has 0 rings (SSSR count). The molecule has 0 heterocycles. The maximum absolute atomic E-state index is 12.9. The molecule has 0 saturated carbocycles.